The van der Waals surface area contributed by atoms with Gasteiger partial charge in [0.2, 0.25) is 0 Å². The van der Waals surface area contributed by atoms with Crippen LogP contribution in [-0.2, 0) is 25.6 Å². The summed E-state index contributed by atoms with van der Waals surface area (Å²) in [6.07, 6.45) is 3.86. The molecule has 1 aromatic heterocycles. The third-order valence-corrected chi connectivity index (χ3v) is 3.98. The molecule has 0 bridgehead atoms. The lowest BCUT2D eigenvalue weighted by atomic mass is 10.1. The number of aryl methyl sites for hydroxylation is 1. The maximum atomic E-state index is 8.90. The Bertz CT molecular complexity index is 729. The van der Waals surface area contributed by atoms with Gasteiger partial charge in [-0.2, -0.15) is 5.10 Å². The standard InChI is InChI=1S/C12H14N2O.C8H9ClO/c1-10-6-13-14(7-10)8-11-2-4-12(9-15)5-3-11;9-5-7-1-3-8(6-10)4-2-7/h2-7,15H,8-9H2,1H3;1-4,10H,5-6H2. The molecule has 0 amide bonds. The number of alkyl halides is 1. The molecule has 0 spiro atoms. The summed E-state index contributed by atoms with van der Waals surface area (Å²) in [4.78, 5) is 0. The van der Waals surface area contributed by atoms with Crippen molar-refractivity contribution in [3.8, 4) is 0 Å². The molecule has 5 heteroatoms. The third kappa shape index (κ3) is 6.35. The largest absolute Gasteiger partial charge is 0.392 e. The van der Waals surface area contributed by atoms with Gasteiger partial charge in [0.1, 0.15) is 0 Å². The van der Waals surface area contributed by atoms with Crippen LogP contribution in [0.25, 0.3) is 0 Å². The highest BCUT2D eigenvalue weighted by Crippen LogP contribution is 2.07. The molecule has 3 rings (SSSR count). The molecule has 1 heterocycles. The predicted octanol–water partition coefficient (Wildman–Crippen LogP) is 3.65. The number of aromatic nitrogens is 2. The van der Waals surface area contributed by atoms with Gasteiger partial charge in [-0.05, 0) is 34.7 Å². The van der Waals surface area contributed by atoms with Gasteiger partial charge < -0.3 is 10.2 Å². The van der Waals surface area contributed by atoms with Crippen molar-refractivity contribution >= 4 is 11.6 Å². The quantitative estimate of drug-likeness (QED) is 0.684. The molecular formula is C20H23ClN2O2. The molecule has 2 N–H and O–H groups in total. The summed E-state index contributed by atoms with van der Waals surface area (Å²) in [5.74, 6) is 0.533. The molecule has 3 aromatic rings. The van der Waals surface area contributed by atoms with Crippen molar-refractivity contribution in [3.63, 3.8) is 0 Å². The second kappa shape index (κ2) is 9.99. The van der Waals surface area contributed by atoms with Crippen LogP contribution in [0.3, 0.4) is 0 Å². The Labute approximate surface area is 153 Å². The van der Waals surface area contributed by atoms with Crippen LogP contribution in [0.15, 0.2) is 60.9 Å². The first-order chi connectivity index (χ1) is 12.1. The fraction of sp³-hybridized carbons (Fsp3) is 0.250. The summed E-state index contributed by atoms with van der Waals surface area (Å²) in [6, 6.07) is 15.5. The van der Waals surface area contributed by atoms with Crippen molar-refractivity contribution in [1.82, 2.24) is 9.78 Å². The lowest BCUT2D eigenvalue weighted by Crippen LogP contribution is -1.99. The molecule has 0 radical (unpaired) electrons. The van der Waals surface area contributed by atoms with E-state index in [1.165, 1.54) is 11.1 Å². The Morgan fingerprint density at radius 1 is 0.840 bits per heavy atom. The van der Waals surface area contributed by atoms with Gasteiger partial charge in [0.05, 0.1) is 26.0 Å². The zero-order valence-corrected chi connectivity index (χ0v) is 15.0. The van der Waals surface area contributed by atoms with Gasteiger partial charge in [-0.15, -0.1) is 11.6 Å². The zero-order valence-electron chi connectivity index (χ0n) is 14.3. The smallest absolute Gasteiger partial charge is 0.0681 e. The number of nitrogens with zero attached hydrogens (tertiary/aromatic N) is 2. The van der Waals surface area contributed by atoms with E-state index in [9.17, 15) is 0 Å². The van der Waals surface area contributed by atoms with Crippen molar-refractivity contribution in [2.24, 2.45) is 0 Å². The van der Waals surface area contributed by atoms with Gasteiger partial charge in [-0.25, -0.2) is 0 Å². The summed E-state index contributed by atoms with van der Waals surface area (Å²) < 4.78 is 1.91. The molecule has 0 unspecified atom stereocenters. The number of hydrogen-bond acceptors (Lipinski definition) is 3. The molecule has 25 heavy (non-hydrogen) atoms. The number of hydrogen-bond donors (Lipinski definition) is 2. The van der Waals surface area contributed by atoms with Gasteiger partial charge in [0.15, 0.2) is 0 Å². The van der Waals surface area contributed by atoms with Crippen LogP contribution in [0.4, 0.5) is 0 Å². The van der Waals surface area contributed by atoms with Crippen LogP contribution in [0.5, 0.6) is 0 Å². The van der Waals surface area contributed by atoms with Gasteiger partial charge in [-0.1, -0.05) is 48.5 Å². The SMILES string of the molecule is Cc1cnn(Cc2ccc(CO)cc2)c1.OCc1ccc(CCl)cc1. The highest BCUT2D eigenvalue weighted by Gasteiger charge is 1.97. The van der Waals surface area contributed by atoms with Crippen LogP contribution >= 0.6 is 11.6 Å². The first kappa shape index (κ1) is 19.2. The van der Waals surface area contributed by atoms with Crippen LogP contribution in [0.1, 0.15) is 27.8 Å². The summed E-state index contributed by atoms with van der Waals surface area (Å²) in [6.45, 7) is 3.00. The topological polar surface area (TPSA) is 58.3 Å². The first-order valence-electron chi connectivity index (χ1n) is 8.07. The van der Waals surface area contributed by atoms with Crippen LogP contribution in [0.2, 0.25) is 0 Å². The van der Waals surface area contributed by atoms with E-state index in [-0.39, 0.29) is 13.2 Å². The molecule has 132 valence electrons. The highest BCUT2D eigenvalue weighted by atomic mass is 35.5. The third-order valence-electron chi connectivity index (χ3n) is 3.67. The number of rotatable bonds is 5. The van der Waals surface area contributed by atoms with E-state index in [0.717, 1.165) is 23.2 Å². The van der Waals surface area contributed by atoms with E-state index >= 15 is 0 Å². The average Bonchev–Trinajstić information content (AvgIpc) is 3.07. The molecule has 2 aromatic carbocycles. The Kier molecular flexibility index (Phi) is 7.67. The summed E-state index contributed by atoms with van der Waals surface area (Å²) in [7, 11) is 0. The van der Waals surface area contributed by atoms with Crippen LogP contribution in [-0.4, -0.2) is 20.0 Å². The minimum Gasteiger partial charge on any atom is -0.392 e. The van der Waals surface area contributed by atoms with Gasteiger partial charge >= 0.3 is 0 Å². The monoisotopic (exact) mass is 358 g/mol. The predicted molar refractivity (Wildman–Crippen MR) is 100 cm³/mol. The van der Waals surface area contributed by atoms with E-state index in [2.05, 4.69) is 5.10 Å². The molecule has 0 saturated carbocycles. The maximum absolute atomic E-state index is 8.90. The number of halogens is 1. The van der Waals surface area contributed by atoms with E-state index in [1.807, 2.05) is 72.5 Å². The molecule has 0 aliphatic heterocycles. The Morgan fingerprint density at radius 3 is 1.72 bits per heavy atom. The minimum absolute atomic E-state index is 0.0984. The minimum atomic E-state index is 0.0984. The van der Waals surface area contributed by atoms with Crippen molar-refractivity contribution in [3.05, 3.63) is 88.7 Å². The second-order valence-electron chi connectivity index (χ2n) is 5.80. The summed E-state index contributed by atoms with van der Waals surface area (Å²) in [5, 5.41) is 21.8. The molecule has 0 fully saturated rings. The van der Waals surface area contributed by atoms with E-state index < -0.39 is 0 Å². The van der Waals surface area contributed by atoms with Gasteiger partial charge in [-0.3, -0.25) is 4.68 Å². The van der Waals surface area contributed by atoms with Crippen molar-refractivity contribution in [2.75, 3.05) is 0 Å². The van der Waals surface area contributed by atoms with Crippen molar-refractivity contribution in [2.45, 2.75) is 32.6 Å². The normalized spacial score (nSPS) is 10.2. The number of aliphatic hydroxyl groups is 2. The average molecular weight is 359 g/mol. The zero-order chi connectivity index (χ0) is 18.1. The molecule has 0 saturated heterocycles. The lowest BCUT2D eigenvalue weighted by molar-refractivity contribution is 0.281. The van der Waals surface area contributed by atoms with E-state index in [4.69, 9.17) is 21.8 Å². The van der Waals surface area contributed by atoms with Gasteiger partial charge in [0.25, 0.3) is 0 Å². The maximum Gasteiger partial charge on any atom is 0.0681 e. The second-order valence-corrected chi connectivity index (χ2v) is 6.07. The number of aliphatic hydroxyl groups excluding tert-OH is 2. The molecular weight excluding hydrogens is 336 g/mol. The Hall–Kier alpha value is -2.14. The van der Waals surface area contributed by atoms with Crippen molar-refractivity contribution < 1.29 is 10.2 Å². The molecule has 0 aliphatic rings. The Balaban J connectivity index is 0.000000196. The fourth-order valence-electron chi connectivity index (χ4n) is 2.22. The van der Waals surface area contributed by atoms with Gasteiger partial charge in [0, 0.05) is 12.1 Å². The van der Waals surface area contributed by atoms with Crippen LogP contribution in [0, 0.1) is 6.92 Å². The molecule has 4 nitrogen and oxygen atoms in total. The van der Waals surface area contributed by atoms with Crippen LogP contribution < -0.4 is 0 Å². The van der Waals surface area contributed by atoms with Crippen molar-refractivity contribution in [1.29, 1.82) is 0 Å². The fourth-order valence-corrected chi connectivity index (χ4v) is 2.40. The lowest BCUT2D eigenvalue weighted by Gasteiger charge is -2.02. The Morgan fingerprint density at radius 2 is 1.32 bits per heavy atom. The first-order valence-corrected chi connectivity index (χ1v) is 8.60. The molecule has 0 atom stereocenters. The number of benzene rings is 2. The summed E-state index contributed by atoms with van der Waals surface area (Å²) >= 11 is 5.56. The highest BCUT2D eigenvalue weighted by molar-refractivity contribution is 6.17. The summed E-state index contributed by atoms with van der Waals surface area (Å²) in [5.41, 5.74) is 5.31. The molecule has 0 aliphatic carbocycles. The van der Waals surface area contributed by atoms with E-state index in [1.54, 1.807) is 0 Å². The van der Waals surface area contributed by atoms with E-state index in [0.29, 0.717) is 5.88 Å².